The first-order valence-corrected chi connectivity index (χ1v) is 6.23. The third-order valence-corrected chi connectivity index (χ3v) is 2.94. The number of hydrogen-bond donors (Lipinski definition) is 2. The number of nitrogens with two attached hydrogens (primary N) is 1. The van der Waals surface area contributed by atoms with Crippen LogP contribution in [-0.4, -0.2) is 18.6 Å². The molecule has 1 unspecified atom stereocenters. The van der Waals surface area contributed by atoms with Gasteiger partial charge in [-0.15, -0.1) is 0 Å². The van der Waals surface area contributed by atoms with Crippen LogP contribution < -0.4 is 15.8 Å². The molecule has 1 aromatic carbocycles. The molecule has 0 bridgehead atoms. The van der Waals surface area contributed by atoms with Gasteiger partial charge in [0.25, 0.3) is 5.91 Å². The van der Waals surface area contributed by atoms with Crippen LogP contribution in [0.2, 0.25) is 0 Å². The van der Waals surface area contributed by atoms with E-state index in [0.717, 1.165) is 17.5 Å². The van der Waals surface area contributed by atoms with E-state index in [4.69, 9.17) is 10.5 Å². The van der Waals surface area contributed by atoms with E-state index in [0.29, 0.717) is 11.4 Å². The van der Waals surface area contributed by atoms with Crippen LogP contribution in [0.25, 0.3) is 0 Å². The van der Waals surface area contributed by atoms with Crippen molar-refractivity contribution < 1.29 is 9.53 Å². The minimum Gasteiger partial charge on any atom is -0.483 e. The highest BCUT2D eigenvalue weighted by molar-refractivity contribution is 5.77. The van der Waals surface area contributed by atoms with Crippen molar-refractivity contribution in [1.82, 2.24) is 5.32 Å². The molecule has 0 aliphatic rings. The van der Waals surface area contributed by atoms with Crippen molar-refractivity contribution in [2.75, 3.05) is 12.3 Å². The van der Waals surface area contributed by atoms with Gasteiger partial charge < -0.3 is 15.8 Å². The highest BCUT2D eigenvalue weighted by Crippen LogP contribution is 2.24. The van der Waals surface area contributed by atoms with Crippen molar-refractivity contribution in [1.29, 1.82) is 0 Å². The largest absolute Gasteiger partial charge is 0.483 e. The van der Waals surface area contributed by atoms with Crippen LogP contribution in [0.1, 0.15) is 31.4 Å². The molecular formula is C14H22N2O2. The number of nitrogens with one attached hydrogen (secondary N) is 1. The fourth-order valence-electron chi connectivity index (χ4n) is 1.57. The molecule has 0 aliphatic carbocycles. The van der Waals surface area contributed by atoms with Gasteiger partial charge >= 0.3 is 0 Å². The molecule has 1 atom stereocenters. The van der Waals surface area contributed by atoms with E-state index in [1.807, 2.05) is 33.8 Å². The molecule has 0 radical (unpaired) electrons. The molecule has 1 amide bonds. The van der Waals surface area contributed by atoms with Gasteiger partial charge in [0, 0.05) is 17.8 Å². The fraction of sp³-hybridized carbons (Fsp3) is 0.500. The Morgan fingerprint density at radius 3 is 2.67 bits per heavy atom. The Morgan fingerprint density at radius 2 is 2.06 bits per heavy atom. The molecule has 3 N–H and O–H groups in total. The molecule has 0 saturated carbocycles. The average Bonchev–Trinajstić information content (AvgIpc) is 2.32. The smallest absolute Gasteiger partial charge is 0.258 e. The molecular weight excluding hydrogens is 228 g/mol. The van der Waals surface area contributed by atoms with Crippen LogP contribution in [-0.2, 0) is 4.79 Å². The fourth-order valence-corrected chi connectivity index (χ4v) is 1.57. The molecule has 0 aromatic heterocycles. The van der Waals surface area contributed by atoms with Crippen molar-refractivity contribution in [2.45, 2.75) is 40.2 Å². The second-order valence-corrected chi connectivity index (χ2v) is 4.64. The summed E-state index contributed by atoms with van der Waals surface area (Å²) in [4.78, 5) is 11.6. The normalized spacial score (nSPS) is 12.0. The van der Waals surface area contributed by atoms with Gasteiger partial charge in [-0.25, -0.2) is 0 Å². The number of nitrogen functional groups attached to an aromatic ring is 1. The zero-order chi connectivity index (χ0) is 13.7. The van der Waals surface area contributed by atoms with Crippen molar-refractivity contribution in [3.8, 4) is 5.75 Å². The van der Waals surface area contributed by atoms with E-state index in [1.54, 1.807) is 6.07 Å². The zero-order valence-electron chi connectivity index (χ0n) is 11.5. The first-order valence-electron chi connectivity index (χ1n) is 6.23. The summed E-state index contributed by atoms with van der Waals surface area (Å²) in [6.45, 7) is 7.90. The lowest BCUT2D eigenvalue weighted by Crippen LogP contribution is -2.35. The molecule has 100 valence electrons. The summed E-state index contributed by atoms with van der Waals surface area (Å²) in [6.07, 6.45) is 0.905. The summed E-state index contributed by atoms with van der Waals surface area (Å²) >= 11 is 0. The maximum absolute atomic E-state index is 11.6. The Bertz CT molecular complexity index is 430. The standard InChI is InChI=1S/C14H22N2O2/c1-5-11(4)16-14(17)8-18-13-7-12(15)9(2)6-10(13)3/h6-7,11H,5,8,15H2,1-4H3,(H,16,17). The van der Waals surface area contributed by atoms with Crippen LogP contribution >= 0.6 is 0 Å². The van der Waals surface area contributed by atoms with Gasteiger partial charge in [0.2, 0.25) is 0 Å². The molecule has 0 aliphatic heterocycles. The van der Waals surface area contributed by atoms with Gasteiger partial charge in [0.1, 0.15) is 5.75 Å². The van der Waals surface area contributed by atoms with Gasteiger partial charge in [-0.2, -0.15) is 0 Å². The van der Waals surface area contributed by atoms with Crippen molar-refractivity contribution >= 4 is 11.6 Å². The maximum atomic E-state index is 11.6. The first kappa shape index (κ1) is 14.4. The maximum Gasteiger partial charge on any atom is 0.258 e. The predicted molar refractivity (Wildman–Crippen MR) is 73.7 cm³/mol. The summed E-state index contributed by atoms with van der Waals surface area (Å²) in [5.41, 5.74) is 8.50. The van der Waals surface area contributed by atoms with Crippen LogP contribution in [0, 0.1) is 13.8 Å². The summed E-state index contributed by atoms with van der Waals surface area (Å²) in [5.74, 6) is 0.556. The minimum absolute atomic E-state index is 0.0215. The molecule has 4 nitrogen and oxygen atoms in total. The van der Waals surface area contributed by atoms with E-state index in [2.05, 4.69) is 5.32 Å². The van der Waals surface area contributed by atoms with E-state index >= 15 is 0 Å². The molecule has 1 rings (SSSR count). The lowest BCUT2D eigenvalue weighted by Gasteiger charge is -2.14. The molecule has 18 heavy (non-hydrogen) atoms. The molecule has 0 saturated heterocycles. The van der Waals surface area contributed by atoms with Crippen LogP contribution in [0.3, 0.4) is 0 Å². The summed E-state index contributed by atoms with van der Waals surface area (Å²) in [7, 11) is 0. The van der Waals surface area contributed by atoms with Crippen molar-refractivity contribution in [3.05, 3.63) is 23.3 Å². The van der Waals surface area contributed by atoms with Crippen molar-refractivity contribution in [2.24, 2.45) is 0 Å². The Hall–Kier alpha value is -1.71. The van der Waals surface area contributed by atoms with Crippen LogP contribution in [0.5, 0.6) is 5.75 Å². The predicted octanol–water partition coefficient (Wildman–Crippen LogP) is 2.18. The van der Waals surface area contributed by atoms with E-state index in [-0.39, 0.29) is 18.6 Å². The number of carbonyl (C=O) groups excluding carboxylic acids is 1. The van der Waals surface area contributed by atoms with Gasteiger partial charge in [0.05, 0.1) is 0 Å². The van der Waals surface area contributed by atoms with Crippen LogP contribution in [0.4, 0.5) is 5.69 Å². The number of rotatable bonds is 5. The molecule has 1 aromatic rings. The quantitative estimate of drug-likeness (QED) is 0.787. The second kappa shape index (κ2) is 6.28. The highest BCUT2D eigenvalue weighted by Gasteiger charge is 2.08. The molecule has 0 spiro atoms. The number of benzene rings is 1. The Labute approximate surface area is 109 Å². The second-order valence-electron chi connectivity index (χ2n) is 4.64. The SMILES string of the molecule is CCC(C)NC(=O)COc1cc(N)c(C)cc1C. The summed E-state index contributed by atoms with van der Waals surface area (Å²) in [5, 5.41) is 2.85. The molecule has 4 heteroatoms. The number of anilines is 1. The van der Waals surface area contributed by atoms with Gasteiger partial charge in [0.15, 0.2) is 6.61 Å². The highest BCUT2D eigenvalue weighted by atomic mass is 16.5. The Balaban J connectivity index is 2.58. The summed E-state index contributed by atoms with van der Waals surface area (Å²) in [6, 6.07) is 3.89. The first-order chi connectivity index (χ1) is 8.43. The van der Waals surface area contributed by atoms with E-state index < -0.39 is 0 Å². The van der Waals surface area contributed by atoms with Gasteiger partial charge in [-0.3, -0.25) is 4.79 Å². The molecule has 0 heterocycles. The lowest BCUT2D eigenvalue weighted by atomic mass is 10.1. The number of carbonyl (C=O) groups is 1. The third kappa shape index (κ3) is 3.95. The lowest BCUT2D eigenvalue weighted by molar-refractivity contribution is -0.123. The monoisotopic (exact) mass is 250 g/mol. The Kier molecular flexibility index (Phi) is 5.01. The number of hydrogen-bond acceptors (Lipinski definition) is 3. The number of aryl methyl sites for hydroxylation is 2. The molecule has 0 fully saturated rings. The van der Waals surface area contributed by atoms with Gasteiger partial charge in [-0.1, -0.05) is 13.0 Å². The average molecular weight is 250 g/mol. The van der Waals surface area contributed by atoms with Gasteiger partial charge in [-0.05, 0) is 38.3 Å². The van der Waals surface area contributed by atoms with E-state index in [1.165, 1.54) is 0 Å². The van der Waals surface area contributed by atoms with Crippen molar-refractivity contribution in [3.63, 3.8) is 0 Å². The third-order valence-electron chi connectivity index (χ3n) is 2.94. The topological polar surface area (TPSA) is 64.3 Å². The Morgan fingerprint density at radius 1 is 1.39 bits per heavy atom. The number of ether oxygens (including phenoxy) is 1. The minimum atomic E-state index is -0.108. The summed E-state index contributed by atoms with van der Waals surface area (Å²) < 4.78 is 5.49. The zero-order valence-corrected chi connectivity index (χ0v) is 11.5. The van der Waals surface area contributed by atoms with E-state index in [9.17, 15) is 4.79 Å². The number of amides is 1. The van der Waals surface area contributed by atoms with Crippen LogP contribution in [0.15, 0.2) is 12.1 Å².